The second-order valence-electron chi connectivity index (χ2n) is 8.10. The highest BCUT2D eigenvalue weighted by Gasteiger charge is 2.31. The summed E-state index contributed by atoms with van der Waals surface area (Å²) in [5.41, 5.74) is 0. The Morgan fingerprint density at radius 2 is 1.93 bits per heavy atom. The Hall–Kier alpha value is -1.93. The first-order chi connectivity index (χ1) is 13.4. The molecule has 1 saturated carbocycles. The summed E-state index contributed by atoms with van der Waals surface area (Å²) in [5.74, 6) is 1.24. The molecule has 28 heavy (non-hydrogen) atoms. The van der Waals surface area contributed by atoms with Crippen LogP contribution in [0.3, 0.4) is 0 Å². The maximum Gasteiger partial charge on any atom is 0.239 e. The van der Waals surface area contributed by atoms with Crippen LogP contribution in [-0.4, -0.2) is 83.5 Å². The number of rotatable bonds is 6. The van der Waals surface area contributed by atoms with Gasteiger partial charge in [-0.3, -0.25) is 19.4 Å². The summed E-state index contributed by atoms with van der Waals surface area (Å²) in [6.07, 6.45) is 6.00. The van der Waals surface area contributed by atoms with Gasteiger partial charge >= 0.3 is 0 Å². The summed E-state index contributed by atoms with van der Waals surface area (Å²) >= 11 is 0. The number of nitrogens with zero attached hydrogens (tertiary/aromatic N) is 4. The molecule has 2 fully saturated rings. The van der Waals surface area contributed by atoms with E-state index in [0.717, 1.165) is 39.0 Å². The van der Waals surface area contributed by atoms with Gasteiger partial charge in [0.15, 0.2) is 5.82 Å². The van der Waals surface area contributed by atoms with Crippen LogP contribution in [0.2, 0.25) is 0 Å². The number of hydrogen-bond acceptors (Lipinski definition) is 6. The number of likely N-dealkylation sites (N-methyl/N-ethyl adjacent to an activating group) is 1. The fraction of sp³-hybridized carbons (Fsp3) is 0.750. The van der Waals surface area contributed by atoms with Crippen LogP contribution in [-0.2, 0) is 9.59 Å². The fourth-order valence-electron chi connectivity index (χ4n) is 4.22. The highest BCUT2D eigenvalue weighted by molar-refractivity contribution is 5.91. The zero-order valence-electron chi connectivity index (χ0n) is 17.3. The molecule has 8 nitrogen and oxygen atoms in total. The summed E-state index contributed by atoms with van der Waals surface area (Å²) in [6.45, 7) is 7.26. The first-order valence-corrected chi connectivity index (χ1v) is 10.4. The Bertz CT molecular complexity index is 663. The molecule has 1 aromatic heterocycles. The molecule has 3 rings (SSSR count). The SMILES string of the molecule is Cc1cc(NC(=O)CN2CCN(C(C)C(=O)N(C)C3CCCCC3)CC2)no1. The van der Waals surface area contributed by atoms with Crippen molar-refractivity contribution in [1.29, 1.82) is 0 Å². The normalized spacial score (nSPS) is 20.7. The predicted octanol–water partition coefficient (Wildman–Crippen LogP) is 1.72. The van der Waals surface area contributed by atoms with Gasteiger partial charge < -0.3 is 14.7 Å². The Morgan fingerprint density at radius 3 is 2.54 bits per heavy atom. The fourth-order valence-corrected chi connectivity index (χ4v) is 4.22. The average molecular weight is 392 g/mol. The van der Waals surface area contributed by atoms with Gasteiger partial charge in [-0.2, -0.15) is 0 Å². The van der Waals surface area contributed by atoms with E-state index in [4.69, 9.17) is 4.52 Å². The van der Waals surface area contributed by atoms with Gasteiger partial charge in [-0.15, -0.1) is 0 Å². The lowest BCUT2D eigenvalue weighted by Gasteiger charge is -2.40. The summed E-state index contributed by atoms with van der Waals surface area (Å²) in [4.78, 5) is 31.4. The number of hydrogen-bond donors (Lipinski definition) is 1. The molecule has 1 unspecified atom stereocenters. The van der Waals surface area contributed by atoms with Gasteiger partial charge in [0.2, 0.25) is 11.8 Å². The highest BCUT2D eigenvalue weighted by atomic mass is 16.5. The molecule has 1 aliphatic heterocycles. The van der Waals surface area contributed by atoms with E-state index in [1.54, 1.807) is 13.0 Å². The van der Waals surface area contributed by atoms with Crippen molar-refractivity contribution in [1.82, 2.24) is 19.9 Å². The van der Waals surface area contributed by atoms with Crippen LogP contribution in [0.15, 0.2) is 10.6 Å². The first-order valence-electron chi connectivity index (χ1n) is 10.4. The topological polar surface area (TPSA) is 81.9 Å². The van der Waals surface area contributed by atoms with Crippen molar-refractivity contribution in [3.8, 4) is 0 Å². The molecule has 0 spiro atoms. The largest absolute Gasteiger partial charge is 0.360 e. The van der Waals surface area contributed by atoms with E-state index in [1.165, 1.54) is 19.3 Å². The molecule has 2 amide bonds. The number of carbonyl (C=O) groups excluding carboxylic acids is 2. The molecule has 1 aromatic rings. The smallest absolute Gasteiger partial charge is 0.239 e. The molecule has 156 valence electrons. The third-order valence-corrected chi connectivity index (χ3v) is 6.04. The van der Waals surface area contributed by atoms with Crippen molar-refractivity contribution in [3.63, 3.8) is 0 Å². The van der Waals surface area contributed by atoms with Crippen LogP contribution in [0.25, 0.3) is 0 Å². The van der Waals surface area contributed by atoms with Crippen molar-refractivity contribution in [2.75, 3.05) is 45.1 Å². The Labute approximate surface area is 167 Å². The first kappa shape index (κ1) is 20.8. The average Bonchev–Trinajstić information content (AvgIpc) is 3.12. The lowest BCUT2D eigenvalue weighted by Crippen LogP contribution is -2.56. The number of amides is 2. The van der Waals surface area contributed by atoms with Crippen molar-refractivity contribution >= 4 is 17.6 Å². The minimum Gasteiger partial charge on any atom is -0.360 e. The molecule has 2 aliphatic rings. The second-order valence-corrected chi connectivity index (χ2v) is 8.10. The van der Waals surface area contributed by atoms with E-state index in [1.807, 2.05) is 18.9 Å². The molecule has 0 radical (unpaired) electrons. The number of nitrogens with one attached hydrogen (secondary N) is 1. The number of anilines is 1. The number of aryl methyl sites for hydroxylation is 1. The van der Waals surface area contributed by atoms with Crippen LogP contribution in [0, 0.1) is 6.92 Å². The third kappa shape index (κ3) is 5.32. The van der Waals surface area contributed by atoms with E-state index < -0.39 is 0 Å². The van der Waals surface area contributed by atoms with Crippen molar-refractivity contribution < 1.29 is 14.1 Å². The molecular formula is C20H33N5O3. The minimum atomic E-state index is -0.110. The van der Waals surface area contributed by atoms with Crippen LogP contribution >= 0.6 is 0 Å². The maximum absolute atomic E-state index is 12.9. The molecule has 1 aliphatic carbocycles. The second kappa shape index (κ2) is 9.52. The third-order valence-electron chi connectivity index (χ3n) is 6.04. The van der Waals surface area contributed by atoms with Crippen molar-refractivity contribution in [2.45, 2.75) is 58.0 Å². The van der Waals surface area contributed by atoms with Gasteiger partial charge in [0, 0.05) is 45.3 Å². The zero-order chi connectivity index (χ0) is 20.1. The standard InChI is InChI=1S/C20H33N5O3/c1-15-13-18(22-28-15)21-19(26)14-24-9-11-25(12-10-24)16(2)20(27)23(3)17-7-5-4-6-8-17/h13,16-17H,4-12,14H2,1-3H3,(H,21,22,26). The van der Waals surface area contributed by atoms with Crippen LogP contribution in [0.4, 0.5) is 5.82 Å². The minimum absolute atomic E-state index is 0.0945. The lowest BCUT2D eigenvalue weighted by atomic mass is 9.94. The van der Waals surface area contributed by atoms with E-state index in [0.29, 0.717) is 24.2 Å². The quantitative estimate of drug-likeness (QED) is 0.795. The van der Waals surface area contributed by atoms with Crippen LogP contribution < -0.4 is 5.32 Å². The van der Waals surface area contributed by atoms with Crippen LogP contribution in [0.1, 0.15) is 44.8 Å². The summed E-state index contributed by atoms with van der Waals surface area (Å²) < 4.78 is 4.96. The number of piperazine rings is 1. The van der Waals surface area contributed by atoms with Gasteiger partial charge in [0.1, 0.15) is 5.76 Å². The van der Waals surface area contributed by atoms with E-state index in [2.05, 4.69) is 20.3 Å². The van der Waals surface area contributed by atoms with E-state index in [9.17, 15) is 9.59 Å². The van der Waals surface area contributed by atoms with Crippen LogP contribution in [0.5, 0.6) is 0 Å². The Balaban J connectivity index is 1.42. The molecule has 0 bridgehead atoms. The van der Waals surface area contributed by atoms with Gasteiger partial charge in [0.05, 0.1) is 12.6 Å². The Morgan fingerprint density at radius 1 is 1.25 bits per heavy atom. The lowest BCUT2D eigenvalue weighted by molar-refractivity contribution is -0.138. The maximum atomic E-state index is 12.9. The van der Waals surface area contributed by atoms with Crippen molar-refractivity contribution in [3.05, 3.63) is 11.8 Å². The number of aromatic nitrogens is 1. The number of carbonyl (C=O) groups is 2. The molecule has 0 aromatic carbocycles. The summed E-state index contributed by atoms with van der Waals surface area (Å²) in [7, 11) is 1.96. The monoisotopic (exact) mass is 391 g/mol. The van der Waals surface area contributed by atoms with E-state index >= 15 is 0 Å². The predicted molar refractivity (Wildman–Crippen MR) is 107 cm³/mol. The summed E-state index contributed by atoms with van der Waals surface area (Å²) in [5, 5.41) is 6.54. The van der Waals surface area contributed by atoms with Gasteiger partial charge in [-0.25, -0.2) is 0 Å². The summed E-state index contributed by atoms with van der Waals surface area (Å²) in [6, 6.07) is 1.99. The van der Waals surface area contributed by atoms with Gasteiger partial charge in [-0.1, -0.05) is 24.4 Å². The molecular weight excluding hydrogens is 358 g/mol. The van der Waals surface area contributed by atoms with Gasteiger partial charge in [0.25, 0.3) is 0 Å². The highest BCUT2D eigenvalue weighted by Crippen LogP contribution is 2.22. The molecule has 1 saturated heterocycles. The van der Waals surface area contributed by atoms with Crippen molar-refractivity contribution in [2.24, 2.45) is 0 Å². The van der Waals surface area contributed by atoms with E-state index in [-0.39, 0.29) is 17.9 Å². The zero-order valence-corrected chi connectivity index (χ0v) is 17.3. The molecule has 1 N–H and O–H groups in total. The van der Waals surface area contributed by atoms with Gasteiger partial charge in [-0.05, 0) is 26.7 Å². The Kier molecular flexibility index (Phi) is 7.07. The molecule has 2 heterocycles. The molecule has 8 heteroatoms. The molecule has 1 atom stereocenters.